The summed E-state index contributed by atoms with van der Waals surface area (Å²) in [5, 5.41) is 17.5. The largest absolute Gasteiger partial charge is 0.478 e. The van der Waals surface area contributed by atoms with Crippen LogP contribution in [-0.4, -0.2) is 38.4 Å². The highest BCUT2D eigenvalue weighted by Crippen LogP contribution is 2.37. The number of allylic oxidation sites excluding steroid dienone is 1. The lowest BCUT2D eigenvalue weighted by Gasteiger charge is -2.28. The molecule has 8 nitrogen and oxygen atoms in total. The van der Waals surface area contributed by atoms with Crippen LogP contribution in [0.2, 0.25) is 0 Å². The molecule has 2 aromatic carbocycles. The standard InChI is InChI=1S/C23H21BrN4O4S/c1-3-32-21(31)18-13(2)25-22-26-23(33-12-14-4-6-16(7-5-14)20(29)30)27-28(22)19(18)15-8-10-17(24)11-9-15/h4-11,19H,3,12H2,1-2H3,(H,29,30)(H,25,26,27)/t19-/m1/s1. The van der Waals surface area contributed by atoms with Gasteiger partial charge in [-0.3, -0.25) is 0 Å². The van der Waals surface area contributed by atoms with Crippen LogP contribution in [0.25, 0.3) is 0 Å². The Morgan fingerprint density at radius 3 is 2.52 bits per heavy atom. The van der Waals surface area contributed by atoms with E-state index >= 15 is 0 Å². The summed E-state index contributed by atoms with van der Waals surface area (Å²) in [4.78, 5) is 28.5. The van der Waals surface area contributed by atoms with Crippen molar-refractivity contribution in [2.24, 2.45) is 0 Å². The van der Waals surface area contributed by atoms with Gasteiger partial charge in [0.05, 0.1) is 17.7 Å². The summed E-state index contributed by atoms with van der Waals surface area (Å²) in [6.45, 7) is 3.87. The zero-order chi connectivity index (χ0) is 23.5. The number of fused-ring (bicyclic) bond motifs is 1. The second-order valence-electron chi connectivity index (χ2n) is 7.29. The van der Waals surface area contributed by atoms with Gasteiger partial charge < -0.3 is 15.2 Å². The average molecular weight is 529 g/mol. The number of aromatic nitrogens is 3. The molecule has 2 heterocycles. The van der Waals surface area contributed by atoms with Crippen molar-refractivity contribution in [3.8, 4) is 0 Å². The number of aromatic carboxylic acids is 1. The van der Waals surface area contributed by atoms with Gasteiger partial charge in [0.1, 0.15) is 6.04 Å². The van der Waals surface area contributed by atoms with Crippen LogP contribution in [0, 0.1) is 0 Å². The third-order valence-corrected chi connectivity index (χ3v) is 6.52. The van der Waals surface area contributed by atoms with Gasteiger partial charge in [-0.1, -0.05) is 52.0 Å². The summed E-state index contributed by atoms with van der Waals surface area (Å²) in [6.07, 6.45) is 0. The van der Waals surface area contributed by atoms with Crippen LogP contribution in [0.3, 0.4) is 0 Å². The lowest BCUT2D eigenvalue weighted by molar-refractivity contribution is -0.139. The van der Waals surface area contributed by atoms with Gasteiger partial charge in [0.25, 0.3) is 0 Å². The van der Waals surface area contributed by atoms with Crippen molar-refractivity contribution < 1.29 is 19.4 Å². The first-order chi connectivity index (χ1) is 15.9. The Bertz CT molecular complexity index is 1220. The summed E-state index contributed by atoms with van der Waals surface area (Å²) in [5.41, 5.74) is 3.24. The van der Waals surface area contributed by atoms with Crippen molar-refractivity contribution in [1.29, 1.82) is 0 Å². The summed E-state index contributed by atoms with van der Waals surface area (Å²) < 4.78 is 7.97. The van der Waals surface area contributed by atoms with E-state index in [4.69, 9.17) is 9.84 Å². The van der Waals surface area contributed by atoms with E-state index in [1.165, 1.54) is 11.8 Å². The molecule has 0 aliphatic carbocycles. The number of carbonyl (C=O) groups excluding carboxylic acids is 1. The zero-order valence-corrected chi connectivity index (χ0v) is 20.3. The number of carbonyl (C=O) groups is 2. The fourth-order valence-corrected chi connectivity index (χ4v) is 4.56. The molecule has 1 aliphatic heterocycles. The summed E-state index contributed by atoms with van der Waals surface area (Å²) in [5.74, 6) is -0.242. The Labute approximate surface area is 203 Å². The number of carboxylic acid groups (broad SMARTS) is 1. The molecule has 4 rings (SSSR count). The Morgan fingerprint density at radius 2 is 1.88 bits per heavy atom. The maximum absolute atomic E-state index is 12.8. The van der Waals surface area contributed by atoms with Crippen molar-refractivity contribution in [2.75, 3.05) is 11.9 Å². The fraction of sp³-hybridized carbons (Fsp3) is 0.217. The number of carboxylic acids is 1. The highest BCUT2D eigenvalue weighted by Gasteiger charge is 2.35. The lowest BCUT2D eigenvalue weighted by Crippen LogP contribution is -2.29. The number of nitrogens with zero attached hydrogens (tertiary/aromatic N) is 3. The molecule has 1 aliphatic rings. The minimum atomic E-state index is -0.956. The number of thioether (sulfide) groups is 1. The molecule has 0 spiro atoms. The molecule has 0 fully saturated rings. The van der Waals surface area contributed by atoms with Gasteiger partial charge in [-0.25, -0.2) is 14.3 Å². The van der Waals surface area contributed by atoms with Crippen LogP contribution in [0.5, 0.6) is 0 Å². The maximum Gasteiger partial charge on any atom is 0.338 e. The Balaban J connectivity index is 1.63. The van der Waals surface area contributed by atoms with Gasteiger partial charge in [-0.2, -0.15) is 4.98 Å². The van der Waals surface area contributed by atoms with E-state index in [1.807, 2.05) is 31.2 Å². The Morgan fingerprint density at radius 1 is 1.18 bits per heavy atom. The minimum Gasteiger partial charge on any atom is -0.478 e. The molecule has 0 amide bonds. The molecule has 170 valence electrons. The number of hydrogen-bond acceptors (Lipinski definition) is 7. The molecule has 0 bridgehead atoms. The van der Waals surface area contributed by atoms with E-state index < -0.39 is 18.0 Å². The smallest absolute Gasteiger partial charge is 0.338 e. The van der Waals surface area contributed by atoms with Gasteiger partial charge in [0, 0.05) is 15.9 Å². The number of rotatable bonds is 7. The van der Waals surface area contributed by atoms with E-state index in [1.54, 1.807) is 35.9 Å². The quantitative estimate of drug-likeness (QED) is 0.330. The summed E-state index contributed by atoms with van der Waals surface area (Å²) in [7, 11) is 0. The first-order valence-corrected chi connectivity index (χ1v) is 12.0. The highest BCUT2D eigenvalue weighted by molar-refractivity contribution is 9.10. The van der Waals surface area contributed by atoms with E-state index in [0.717, 1.165) is 15.6 Å². The normalized spacial score (nSPS) is 15.1. The minimum absolute atomic E-state index is 0.244. The molecule has 1 aromatic heterocycles. The molecule has 33 heavy (non-hydrogen) atoms. The maximum atomic E-state index is 12.8. The second kappa shape index (κ2) is 9.80. The molecule has 0 radical (unpaired) electrons. The topological polar surface area (TPSA) is 106 Å². The van der Waals surface area contributed by atoms with Gasteiger partial charge in [-0.15, -0.1) is 5.10 Å². The summed E-state index contributed by atoms with van der Waals surface area (Å²) >= 11 is 4.88. The number of ether oxygens (including phenoxy) is 1. The van der Waals surface area contributed by atoms with Crippen molar-refractivity contribution in [3.63, 3.8) is 0 Å². The SMILES string of the molecule is CCOC(=O)C1=C(C)Nc2nc(SCc3ccc(C(=O)O)cc3)nn2[C@@H]1c1ccc(Br)cc1. The lowest BCUT2D eigenvalue weighted by atomic mass is 9.96. The number of anilines is 1. The van der Waals surface area contributed by atoms with Crippen LogP contribution in [-0.2, 0) is 15.3 Å². The summed E-state index contributed by atoms with van der Waals surface area (Å²) in [6, 6.07) is 13.9. The first-order valence-electron chi connectivity index (χ1n) is 10.2. The molecular formula is C23H21BrN4O4S. The van der Waals surface area contributed by atoms with Crippen LogP contribution in [0.15, 0.2) is 69.4 Å². The van der Waals surface area contributed by atoms with E-state index in [2.05, 4.69) is 31.3 Å². The van der Waals surface area contributed by atoms with Crippen molar-refractivity contribution >= 4 is 45.6 Å². The van der Waals surface area contributed by atoms with Gasteiger partial charge in [0.2, 0.25) is 11.1 Å². The molecule has 1 atom stereocenters. The molecule has 2 N–H and O–H groups in total. The van der Waals surface area contributed by atoms with Crippen LogP contribution >= 0.6 is 27.7 Å². The zero-order valence-electron chi connectivity index (χ0n) is 17.9. The van der Waals surface area contributed by atoms with Crippen LogP contribution < -0.4 is 5.32 Å². The van der Waals surface area contributed by atoms with Gasteiger partial charge in [-0.05, 0) is 49.2 Å². The van der Waals surface area contributed by atoms with E-state index in [0.29, 0.717) is 28.1 Å². The Kier molecular flexibility index (Phi) is 6.85. The number of halogens is 1. The monoisotopic (exact) mass is 528 g/mol. The Hall–Kier alpha value is -3.11. The van der Waals surface area contributed by atoms with Gasteiger partial charge in [0.15, 0.2) is 0 Å². The van der Waals surface area contributed by atoms with Crippen molar-refractivity contribution in [2.45, 2.75) is 30.8 Å². The van der Waals surface area contributed by atoms with Crippen molar-refractivity contribution in [1.82, 2.24) is 14.8 Å². The fourth-order valence-electron chi connectivity index (χ4n) is 3.51. The van der Waals surface area contributed by atoms with Crippen LogP contribution in [0.1, 0.15) is 41.4 Å². The van der Waals surface area contributed by atoms with Crippen molar-refractivity contribution in [3.05, 3.63) is 81.0 Å². The number of esters is 1. The predicted octanol–water partition coefficient (Wildman–Crippen LogP) is 4.88. The van der Waals surface area contributed by atoms with E-state index in [-0.39, 0.29) is 12.2 Å². The second-order valence-corrected chi connectivity index (χ2v) is 9.15. The molecular weight excluding hydrogens is 508 g/mol. The number of hydrogen-bond donors (Lipinski definition) is 2. The number of benzene rings is 2. The third-order valence-electron chi connectivity index (χ3n) is 5.08. The third kappa shape index (κ3) is 4.96. The average Bonchev–Trinajstić information content (AvgIpc) is 3.20. The molecule has 3 aromatic rings. The molecule has 0 saturated heterocycles. The molecule has 10 heteroatoms. The van der Waals surface area contributed by atoms with Crippen LogP contribution in [0.4, 0.5) is 5.95 Å². The first kappa shape index (κ1) is 23.1. The molecule has 0 saturated carbocycles. The predicted molar refractivity (Wildman–Crippen MR) is 128 cm³/mol. The molecule has 0 unspecified atom stereocenters. The van der Waals surface area contributed by atoms with E-state index in [9.17, 15) is 9.59 Å². The highest BCUT2D eigenvalue weighted by atomic mass is 79.9. The number of nitrogens with one attached hydrogen (secondary N) is 1. The van der Waals surface area contributed by atoms with Gasteiger partial charge >= 0.3 is 11.9 Å².